The quantitative estimate of drug-likeness (QED) is 0.922. The Balaban J connectivity index is 2.29. The van der Waals surface area contributed by atoms with Gasteiger partial charge in [0.2, 0.25) is 0 Å². The molecule has 1 N–H and O–H groups in total. The molecule has 1 aromatic rings. The van der Waals surface area contributed by atoms with Crippen molar-refractivity contribution in [1.29, 1.82) is 0 Å². The van der Waals surface area contributed by atoms with E-state index in [0.717, 1.165) is 10.0 Å². The zero-order valence-electron chi connectivity index (χ0n) is 9.50. The van der Waals surface area contributed by atoms with Crippen molar-refractivity contribution in [2.24, 2.45) is 5.92 Å². The first kappa shape index (κ1) is 13.0. The summed E-state index contributed by atoms with van der Waals surface area (Å²) in [5.41, 5.74) is 1.05. The maximum atomic E-state index is 11.2. The molecule has 4 heteroatoms. The molecular weight excluding hydrogens is 270 g/mol. The van der Waals surface area contributed by atoms with Crippen LogP contribution in [0, 0.1) is 5.92 Å². The molecule has 0 saturated heterocycles. The molecule has 88 valence electrons. The summed E-state index contributed by atoms with van der Waals surface area (Å²) in [4.78, 5) is 11.2. The molecule has 0 atom stereocenters. The Morgan fingerprint density at radius 1 is 1.38 bits per heavy atom. The van der Waals surface area contributed by atoms with Gasteiger partial charge in [0.1, 0.15) is 0 Å². The summed E-state index contributed by atoms with van der Waals surface area (Å²) < 4.78 is 6.02. The van der Waals surface area contributed by atoms with Crippen molar-refractivity contribution in [3.63, 3.8) is 0 Å². The van der Waals surface area contributed by atoms with Gasteiger partial charge in [-0.1, -0.05) is 41.9 Å². The largest absolute Gasteiger partial charge is 0.449 e. The number of benzene rings is 1. The molecule has 0 heterocycles. The zero-order chi connectivity index (χ0) is 12.0. The Hall–Kier alpha value is -1.03. The van der Waals surface area contributed by atoms with E-state index in [4.69, 9.17) is 4.74 Å². The first-order valence-corrected chi connectivity index (χ1v) is 6.02. The van der Waals surface area contributed by atoms with Crippen molar-refractivity contribution < 1.29 is 9.53 Å². The van der Waals surface area contributed by atoms with Crippen molar-refractivity contribution >= 4 is 22.0 Å². The molecule has 1 rings (SSSR count). The van der Waals surface area contributed by atoms with Gasteiger partial charge in [0.15, 0.2) is 0 Å². The zero-order valence-corrected chi connectivity index (χ0v) is 11.1. The topological polar surface area (TPSA) is 38.3 Å². The van der Waals surface area contributed by atoms with E-state index in [1.54, 1.807) is 0 Å². The molecule has 0 bridgehead atoms. The Kier molecular flexibility index (Phi) is 5.32. The molecule has 0 aliphatic carbocycles. The summed E-state index contributed by atoms with van der Waals surface area (Å²) in [6.07, 6.45) is -0.364. The van der Waals surface area contributed by atoms with Crippen LogP contribution in [0.3, 0.4) is 0 Å². The number of hydrogen-bond acceptors (Lipinski definition) is 2. The molecule has 3 nitrogen and oxygen atoms in total. The lowest BCUT2D eigenvalue weighted by Crippen LogP contribution is -2.25. The normalized spacial score (nSPS) is 10.2. The van der Waals surface area contributed by atoms with E-state index < -0.39 is 0 Å². The predicted molar refractivity (Wildman–Crippen MR) is 67.2 cm³/mol. The van der Waals surface area contributed by atoms with Crippen molar-refractivity contribution in [3.8, 4) is 0 Å². The number of ether oxygens (including phenoxy) is 1. The maximum Gasteiger partial charge on any atom is 0.407 e. The maximum absolute atomic E-state index is 11.2. The van der Waals surface area contributed by atoms with Crippen LogP contribution in [0.2, 0.25) is 0 Å². The fraction of sp³-hybridized carbons (Fsp3) is 0.417. The highest BCUT2D eigenvalue weighted by molar-refractivity contribution is 9.10. The standard InChI is InChI=1S/C12H16BrNO2/c1-9(2)8-16-12(15)14-7-10-3-5-11(13)6-4-10/h3-6,9H,7-8H2,1-2H3,(H,14,15). The number of amides is 1. The summed E-state index contributed by atoms with van der Waals surface area (Å²) in [5, 5.41) is 2.70. The van der Waals surface area contributed by atoms with Crippen molar-refractivity contribution in [1.82, 2.24) is 5.32 Å². The van der Waals surface area contributed by atoms with Gasteiger partial charge in [-0.15, -0.1) is 0 Å². The van der Waals surface area contributed by atoms with Crippen LogP contribution in [0.25, 0.3) is 0 Å². The molecular formula is C12H16BrNO2. The van der Waals surface area contributed by atoms with Gasteiger partial charge in [-0.2, -0.15) is 0 Å². The highest BCUT2D eigenvalue weighted by atomic mass is 79.9. The van der Waals surface area contributed by atoms with Gasteiger partial charge in [-0.05, 0) is 23.6 Å². The van der Waals surface area contributed by atoms with Crippen molar-refractivity contribution in [2.45, 2.75) is 20.4 Å². The van der Waals surface area contributed by atoms with E-state index in [1.807, 2.05) is 38.1 Å². The summed E-state index contributed by atoms with van der Waals surface area (Å²) in [7, 11) is 0. The number of rotatable bonds is 4. The Labute approximate surface area is 104 Å². The van der Waals surface area contributed by atoms with Crippen LogP contribution < -0.4 is 5.32 Å². The lowest BCUT2D eigenvalue weighted by Gasteiger charge is -2.08. The molecule has 0 radical (unpaired) electrons. The fourth-order valence-electron chi connectivity index (χ4n) is 1.07. The number of halogens is 1. The Bertz CT molecular complexity index is 335. The first-order chi connectivity index (χ1) is 7.58. The van der Waals surface area contributed by atoms with Gasteiger partial charge in [-0.3, -0.25) is 0 Å². The van der Waals surface area contributed by atoms with E-state index in [1.165, 1.54) is 0 Å². The van der Waals surface area contributed by atoms with Crippen LogP contribution >= 0.6 is 15.9 Å². The van der Waals surface area contributed by atoms with Crippen LogP contribution in [-0.4, -0.2) is 12.7 Å². The second-order valence-electron chi connectivity index (χ2n) is 3.97. The molecule has 0 saturated carbocycles. The summed E-state index contributed by atoms with van der Waals surface area (Å²) in [6.45, 7) is 4.94. The van der Waals surface area contributed by atoms with E-state index in [2.05, 4.69) is 21.2 Å². The minimum Gasteiger partial charge on any atom is -0.449 e. The van der Waals surface area contributed by atoms with Crippen molar-refractivity contribution in [2.75, 3.05) is 6.61 Å². The third-order valence-electron chi connectivity index (χ3n) is 1.90. The molecule has 0 spiro atoms. The van der Waals surface area contributed by atoms with Crippen LogP contribution in [0.5, 0.6) is 0 Å². The Morgan fingerprint density at radius 3 is 2.56 bits per heavy atom. The van der Waals surface area contributed by atoms with Gasteiger partial charge in [0, 0.05) is 11.0 Å². The second-order valence-corrected chi connectivity index (χ2v) is 4.89. The highest BCUT2D eigenvalue weighted by Gasteiger charge is 2.03. The lowest BCUT2D eigenvalue weighted by molar-refractivity contribution is 0.132. The minimum atomic E-state index is -0.364. The minimum absolute atomic E-state index is 0.360. The highest BCUT2D eigenvalue weighted by Crippen LogP contribution is 2.10. The summed E-state index contributed by atoms with van der Waals surface area (Å²) in [6, 6.07) is 7.78. The molecule has 0 aliphatic rings. The van der Waals surface area contributed by atoms with Gasteiger partial charge in [-0.25, -0.2) is 4.79 Å². The van der Waals surface area contributed by atoms with Gasteiger partial charge >= 0.3 is 6.09 Å². The number of carbonyl (C=O) groups excluding carboxylic acids is 1. The smallest absolute Gasteiger partial charge is 0.407 e. The molecule has 1 aromatic carbocycles. The third-order valence-corrected chi connectivity index (χ3v) is 2.43. The van der Waals surface area contributed by atoms with Gasteiger partial charge in [0.05, 0.1) is 6.61 Å². The SMILES string of the molecule is CC(C)COC(=O)NCc1ccc(Br)cc1. The molecule has 0 aromatic heterocycles. The van der Waals surface area contributed by atoms with Crippen LogP contribution in [0.15, 0.2) is 28.7 Å². The first-order valence-electron chi connectivity index (χ1n) is 5.23. The van der Waals surface area contributed by atoms with E-state index in [-0.39, 0.29) is 6.09 Å². The summed E-state index contributed by atoms with van der Waals surface area (Å²) >= 11 is 3.35. The van der Waals surface area contributed by atoms with E-state index >= 15 is 0 Å². The second kappa shape index (κ2) is 6.53. The van der Waals surface area contributed by atoms with Gasteiger partial charge in [0.25, 0.3) is 0 Å². The van der Waals surface area contributed by atoms with Crippen LogP contribution in [-0.2, 0) is 11.3 Å². The molecule has 0 unspecified atom stereocenters. The third kappa shape index (κ3) is 5.16. The van der Waals surface area contributed by atoms with E-state index in [9.17, 15) is 4.79 Å². The number of hydrogen-bond donors (Lipinski definition) is 1. The Morgan fingerprint density at radius 2 is 2.00 bits per heavy atom. The van der Waals surface area contributed by atoms with E-state index in [0.29, 0.717) is 19.1 Å². The average molecular weight is 286 g/mol. The average Bonchev–Trinajstić information content (AvgIpc) is 2.25. The predicted octanol–water partition coefficient (Wildman–Crippen LogP) is 3.33. The van der Waals surface area contributed by atoms with Crippen LogP contribution in [0.4, 0.5) is 4.79 Å². The van der Waals surface area contributed by atoms with Crippen molar-refractivity contribution in [3.05, 3.63) is 34.3 Å². The summed E-state index contributed by atoms with van der Waals surface area (Å²) in [5.74, 6) is 0.360. The molecule has 16 heavy (non-hydrogen) atoms. The monoisotopic (exact) mass is 285 g/mol. The number of carbonyl (C=O) groups is 1. The number of nitrogens with one attached hydrogen (secondary N) is 1. The van der Waals surface area contributed by atoms with Gasteiger partial charge < -0.3 is 10.1 Å². The van der Waals surface area contributed by atoms with Crippen LogP contribution in [0.1, 0.15) is 19.4 Å². The lowest BCUT2D eigenvalue weighted by atomic mass is 10.2. The molecule has 1 amide bonds. The molecule has 0 fully saturated rings. The molecule has 0 aliphatic heterocycles. The number of alkyl carbamates (subject to hydrolysis) is 1. The fourth-order valence-corrected chi connectivity index (χ4v) is 1.33.